The van der Waals surface area contributed by atoms with Crippen molar-refractivity contribution in [3.8, 4) is 0 Å². The lowest BCUT2D eigenvalue weighted by atomic mass is 10.0. The van der Waals surface area contributed by atoms with Crippen molar-refractivity contribution in [1.29, 1.82) is 0 Å². The van der Waals surface area contributed by atoms with E-state index < -0.39 is 6.10 Å². The van der Waals surface area contributed by atoms with Crippen LogP contribution in [0.4, 0.5) is 0 Å². The molecule has 1 aliphatic rings. The highest BCUT2D eigenvalue weighted by atomic mass is 16.3. The van der Waals surface area contributed by atoms with Crippen molar-refractivity contribution in [3.05, 3.63) is 53.3 Å². The molecular weight excluding hydrogens is 344 g/mol. The Balaban J connectivity index is 1.49. The second-order valence-electron chi connectivity index (χ2n) is 7.05. The average Bonchev–Trinajstić information content (AvgIpc) is 2.99. The number of aliphatic hydroxyl groups is 1. The molecule has 2 heterocycles. The van der Waals surface area contributed by atoms with E-state index in [1.54, 1.807) is 17.0 Å². The van der Waals surface area contributed by atoms with E-state index in [1.165, 1.54) is 0 Å². The Morgan fingerprint density at radius 2 is 2.00 bits per heavy atom. The zero-order valence-corrected chi connectivity index (χ0v) is 15.8. The van der Waals surface area contributed by atoms with Crippen LogP contribution >= 0.6 is 0 Å². The second-order valence-corrected chi connectivity index (χ2v) is 7.05. The van der Waals surface area contributed by atoms with Gasteiger partial charge in [-0.2, -0.15) is 5.10 Å². The summed E-state index contributed by atoms with van der Waals surface area (Å²) in [5, 5.41) is 17.6. The molecule has 1 aliphatic heterocycles. The van der Waals surface area contributed by atoms with E-state index in [0.717, 1.165) is 11.4 Å². The standard InChI is InChI=1S/C20H26N4O3/c1-14-12-15(2)24(22-14)11-9-19(26)21-17-8-10-23(13-18(17)25)20(27)16-6-4-3-5-7-16/h3-7,12,17-18,25H,8-11,13H2,1-2H3,(H,21,26)/t17-,18-/m1/s1. The maximum Gasteiger partial charge on any atom is 0.253 e. The number of aromatic nitrogens is 2. The van der Waals surface area contributed by atoms with Gasteiger partial charge in [0.15, 0.2) is 0 Å². The number of hydrogen-bond donors (Lipinski definition) is 2. The van der Waals surface area contributed by atoms with Crippen LogP contribution in [0.5, 0.6) is 0 Å². The molecule has 1 saturated heterocycles. The number of aryl methyl sites for hydroxylation is 3. The Labute approximate surface area is 159 Å². The van der Waals surface area contributed by atoms with E-state index in [-0.39, 0.29) is 24.4 Å². The summed E-state index contributed by atoms with van der Waals surface area (Å²) in [6.07, 6.45) is 0.0625. The van der Waals surface area contributed by atoms with Crippen molar-refractivity contribution in [3.63, 3.8) is 0 Å². The normalized spacial score (nSPS) is 19.7. The Morgan fingerprint density at radius 3 is 2.63 bits per heavy atom. The number of benzene rings is 1. The molecule has 0 aliphatic carbocycles. The van der Waals surface area contributed by atoms with Gasteiger partial charge in [-0.3, -0.25) is 14.3 Å². The third-order valence-electron chi connectivity index (χ3n) is 4.89. The van der Waals surface area contributed by atoms with Crippen molar-refractivity contribution < 1.29 is 14.7 Å². The van der Waals surface area contributed by atoms with Gasteiger partial charge >= 0.3 is 0 Å². The molecule has 2 aromatic rings. The van der Waals surface area contributed by atoms with Crippen LogP contribution in [-0.2, 0) is 11.3 Å². The molecule has 1 aromatic carbocycles. The van der Waals surface area contributed by atoms with Crippen molar-refractivity contribution in [2.75, 3.05) is 13.1 Å². The molecule has 1 fully saturated rings. The Kier molecular flexibility index (Phi) is 5.91. The van der Waals surface area contributed by atoms with Crippen LogP contribution in [0.1, 0.15) is 34.6 Å². The monoisotopic (exact) mass is 370 g/mol. The summed E-state index contributed by atoms with van der Waals surface area (Å²) < 4.78 is 1.81. The van der Waals surface area contributed by atoms with Crippen LogP contribution in [0, 0.1) is 13.8 Å². The van der Waals surface area contributed by atoms with Crippen LogP contribution < -0.4 is 5.32 Å². The van der Waals surface area contributed by atoms with E-state index in [9.17, 15) is 14.7 Å². The lowest BCUT2D eigenvalue weighted by molar-refractivity contribution is -0.123. The number of piperidine rings is 1. The minimum Gasteiger partial charge on any atom is -0.389 e. The highest BCUT2D eigenvalue weighted by Crippen LogP contribution is 2.15. The highest BCUT2D eigenvalue weighted by molar-refractivity contribution is 5.94. The van der Waals surface area contributed by atoms with Crippen molar-refractivity contribution in [1.82, 2.24) is 20.0 Å². The molecule has 7 heteroatoms. The molecule has 0 unspecified atom stereocenters. The number of hydrogen-bond acceptors (Lipinski definition) is 4. The molecule has 2 atom stereocenters. The summed E-state index contributed by atoms with van der Waals surface area (Å²) in [6, 6.07) is 10.7. The highest BCUT2D eigenvalue weighted by Gasteiger charge is 2.31. The van der Waals surface area contributed by atoms with Crippen molar-refractivity contribution in [2.45, 2.75) is 45.4 Å². The number of likely N-dealkylation sites (tertiary alicyclic amines) is 1. The molecule has 0 spiro atoms. The van der Waals surface area contributed by atoms with Gasteiger partial charge in [0.2, 0.25) is 5.91 Å². The van der Waals surface area contributed by atoms with Gasteiger partial charge in [-0.25, -0.2) is 0 Å². The number of amides is 2. The number of aliphatic hydroxyl groups excluding tert-OH is 1. The van der Waals surface area contributed by atoms with Gasteiger partial charge in [0.25, 0.3) is 5.91 Å². The predicted molar refractivity (Wildman–Crippen MR) is 101 cm³/mol. The van der Waals surface area contributed by atoms with E-state index in [1.807, 2.05) is 42.8 Å². The maximum atomic E-state index is 12.5. The molecular formula is C20H26N4O3. The van der Waals surface area contributed by atoms with Gasteiger partial charge in [-0.05, 0) is 38.5 Å². The number of carbonyl (C=O) groups is 2. The molecule has 3 rings (SSSR count). The first-order valence-corrected chi connectivity index (χ1v) is 9.27. The molecule has 27 heavy (non-hydrogen) atoms. The van der Waals surface area contributed by atoms with Gasteiger partial charge in [0, 0.05) is 37.3 Å². The molecule has 1 aromatic heterocycles. The van der Waals surface area contributed by atoms with Crippen molar-refractivity contribution in [2.24, 2.45) is 0 Å². The summed E-state index contributed by atoms with van der Waals surface area (Å²) in [5.41, 5.74) is 2.56. The fourth-order valence-electron chi connectivity index (χ4n) is 3.44. The Morgan fingerprint density at radius 1 is 1.26 bits per heavy atom. The molecule has 7 nitrogen and oxygen atoms in total. The van der Waals surface area contributed by atoms with E-state index >= 15 is 0 Å². The Hall–Kier alpha value is -2.67. The number of β-amino-alcohol motifs (C(OH)–C–C–N with tert-alkyl or cyclic N) is 1. The van der Waals surface area contributed by atoms with Gasteiger partial charge < -0.3 is 15.3 Å². The van der Waals surface area contributed by atoms with Gasteiger partial charge in [-0.15, -0.1) is 0 Å². The first kappa shape index (κ1) is 19.1. The summed E-state index contributed by atoms with van der Waals surface area (Å²) in [7, 11) is 0. The number of nitrogens with one attached hydrogen (secondary N) is 1. The van der Waals surface area contributed by atoms with Crippen LogP contribution in [0.25, 0.3) is 0 Å². The molecule has 2 amide bonds. The second kappa shape index (κ2) is 8.35. The smallest absolute Gasteiger partial charge is 0.253 e. The largest absolute Gasteiger partial charge is 0.389 e. The molecule has 0 saturated carbocycles. The molecule has 144 valence electrons. The molecule has 2 N–H and O–H groups in total. The minimum atomic E-state index is -0.774. The summed E-state index contributed by atoms with van der Waals surface area (Å²) >= 11 is 0. The molecule has 0 bridgehead atoms. The van der Waals surface area contributed by atoms with Crippen LogP contribution in [0.2, 0.25) is 0 Å². The first-order chi connectivity index (χ1) is 12.9. The SMILES string of the molecule is Cc1cc(C)n(CCC(=O)N[C@@H]2CCN(C(=O)c3ccccc3)C[C@H]2O)n1. The first-order valence-electron chi connectivity index (χ1n) is 9.27. The average molecular weight is 370 g/mol. The van der Waals surface area contributed by atoms with E-state index in [2.05, 4.69) is 10.4 Å². The quantitative estimate of drug-likeness (QED) is 0.830. The van der Waals surface area contributed by atoms with E-state index in [4.69, 9.17) is 0 Å². The summed E-state index contributed by atoms with van der Waals surface area (Å²) in [5.74, 6) is -0.210. The van der Waals surface area contributed by atoms with E-state index in [0.29, 0.717) is 31.5 Å². The van der Waals surface area contributed by atoms with Crippen molar-refractivity contribution >= 4 is 11.8 Å². The number of carbonyl (C=O) groups excluding carboxylic acids is 2. The van der Waals surface area contributed by atoms with Gasteiger partial charge in [-0.1, -0.05) is 18.2 Å². The minimum absolute atomic E-state index is 0.0936. The van der Waals surface area contributed by atoms with Crippen LogP contribution in [0.15, 0.2) is 36.4 Å². The van der Waals surface area contributed by atoms with Crippen LogP contribution in [0.3, 0.4) is 0 Å². The summed E-state index contributed by atoms with van der Waals surface area (Å²) in [6.45, 7) is 5.11. The zero-order chi connectivity index (χ0) is 19.4. The topological polar surface area (TPSA) is 87.5 Å². The lowest BCUT2D eigenvalue weighted by Gasteiger charge is -2.36. The zero-order valence-electron chi connectivity index (χ0n) is 15.8. The lowest BCUT2D eigenvalue weighted by Crippen LogP contribution is -2.55. The number of rotatable bonds is 5. The Bertz CT molecular complexity index is 803. The predicted octanol–water partition coefficient (Wildman–Crippen LogP) is 1.28. The maximum absolute atomic E-state index is 12.5. The van der Waals surface area contributed by atoms with Gasteiger partial charge in [0.1, 0.15) is 0 Å². The molecule has 0 radical (unpaired) electrons. The fraction of sp³-hybridized carbons (Fsp3) is 0.450. The number of nitrogens with zero attached hydrogens (tertiary/aromatic N) is 3. The van der Waals surface area contributed by atoms with Crippen LogP contribution in [-0.4, -0.2) is 56.8 Å². The summed E-state index contributed by atoms with van der Waals surface area (Å²) in [4.78, 5) is 26.4. The fourth-order valence-corrected chi connectivity index (χ4v) is 3.44. The van der Waals surface area contributed by atoms with Gasteiger partial charge in [0.05, 0.1) is 17.8 Å². The third-order valence-corrected chi connectivity index (χ3v) is 4.89. The third kappa shape index (κ3) is 4.74.